The maximum absolute atomic E-state index is 2.41. The molecule has 0 amide bonds. The van der Waals surface area contributed by atoms with Crippen LogP contribution in [0.2, 0.25) is 0 Å². The Labute approximate surface area is 167 Å². The summed E-state index contributed by atoms with van der Waals surface area (Å²) in [6.07, 6.45) is 2.26. The molecule has 0 spiro atoms. The van der Waals surface area contributed by atoms with E-state index in [0.717, 1.165) is 12.8 Å². The van der Waals surface area contributed by atoms with E-state index >= 15 is 0 Å². The lowest BCUT2D eigenvalue weighted by Gasteiger charge is -2.22. The van der Waals surface area contributed by atoms with Gasteiger partial charge in [0.1, 0.15) is 0 Å². The van der Waals surface area contributed by atoms with Crippen molar-refractivity contribution in [3.8, 4) is 0 Å². The summed E-state index contributed by atoms with van der Waals surface area (Å²) >= 11 is 0. The second-order valence-electron chi connectivity index (χ2n) is 8.43. The van der Waals surface area contributed by atoms with Gasteiger partial charge in [-0.25, -0.2) is 0 Å². The summed E-state index contributed by atoms with van der Waals surface area (Å²) in [6.45, 7) is 14.1. The molecular weight excluding hydrogens is 340 g/mol. The highest BCUT2D eigenvalue weighted by atomic mass is 28.2. The topological polar surface area (TPSA) is 0 Å². The second-order valence-corrected chi connectivity index (χ2v) is 10.5. The molecule has 2 unspecified atom stereocenters. The van der Waals surface area contributed by atoms with Crippen molar-refractivity contribution in [2.45, 2.75) is 65.5 Å². The normalized spacial score (nSPS) is 21.6. The largest absolute Gasteiger partial charge is 0.0656 e. The van der Waals surface area contributed by atoms with E-state index in [1.807, 2.05) is 0 Å². The van der Waals surface area contributed by atoms with Crippen LogP contribution in [0.25, 0.3) is 11.1 Å². The smallest absolute Gasteiger partial charge is 0.0475 e. The zero-order valence-corrected chi connectivity index (χ0v) is 19.2. The summed E-state index contributed by atoms with van der Waals surface area (Å²) in [5.41, 5.74) is 17.2. The van der Waals surface area contributed by atoms with Gasteiger partial charge in [-0.1, -0.05) is 61.4 Å². The average molecular weight is 373 g/mol. The second kappa shape index (κ2) is 6.94. The zero-order chi connectivity index (χ0) is 19.3. The molecule has 0 bridgehead atoms. The Morgan fingerprint density at radius 1 is 0.667 bits per heavy atom. The summed E-state index contributed by atoms with van der Waals surface area (Å²) in [7, 11) is -0.375. The first-order valence-electron chi connectivity index (χ1n) is 10.6. The van der Waals surface area contributed by atoms with Gasteiger partial charge in [-0.15, -0.1) is 0 Å². The molecule has 0 N–H and O–H groups in total. The summed E-state index contributed by atoms with van der Waals surface area (Å²) in [4.78, 5) is 0. The molecule has 0 nitrogen and oxygen atoms in total. The SMILES string of the molecule is CCc1cccc2c1C(C)=C(C)C2[SiH2]C1C(C)=C(C)c2c(CC)cccc21. The number of benzene rings is 2. The van der Waals surface area contributed by atoms with Crippen LogP contribution in [-0.2, 0) is 12.8 Å². The van der Waals surface area contributed by atoms with E-state index in [1.165, 1.54) is 11.1 Å². The van der Waals surface area contributed by atoms with Gasteiger partial charge in [-0.3, -0.25) is 0 Å². The summed E-state index contributed by atoms with van der Waals surface area (Å²) < 4.78 is 0. The quantitative estimate of drug-likeness (QED) is 0.546. The van der Waals surface area contributed by atoms with Gasteiger partial charge in [0.2, 0.25) is 0 Å². The molecule has 2 aromatic carbocycles. The maximum atomic E-state index is 2.41. The lowest BCUT2D eigenvalue weighted by molar-refractivity contribution is 1.02. The molecule has 2 aliphatic carbocycles. The van der Waals surface area contributed by atoms with Crippen molar-refractivity contribution in [2.24, 2.45) is 0 Å². The van der Waals surface area contributed by atoms with E-state index in [1.54, 1.807) is 44.5 Å². The molecule has 2 atom stereocenters. The third-order valence-corrected chi connectivity index (χ3v) is 10.4. The summed E-state index contributed by atoms with van der Waals surface area (Å²) in [6, 6.07) is 14.1. The number of rotatable bonds is 4. The zero-order valence-electron chi connectivity index (χ0n) is 17.7. The van der Waals surface area contributed by atoms with Crippen LogP contribution in [0.5, 0.6) is 0 Å². The first-order chi connectivity index (χ1) is 13.0. The van der Waals surface area contributed by atoms with Crippen LogP contribution in [0.15, 0.2) is 47.5 Å². The third kappa shape index (κ3) is 2.70. The van der Waals surface area contributed by atoms with Crippen LogP contribution in [0, 0.1) is 0 Å². The van der Waals surface area contributed by atoms with Gasteiger partial charge in [0.05, 0.1) is 0 Å². The number of hydrogen-bond donors (Lipinski definition) is 0. The van der Waals surface area contributed by atoms with E-state index < -0.39 is 0 Å². The van der Waals surface area contributed by atoms with Gasteiger partial charge in [-0.05, 0) is 96.1 Å². The van der Waals surface area contributed by atoms with E-state index in [9.17, 15) is 0 Å². The fourth-order valence-corrected chi connectivity index (χ4v) is 8.53. The Morgan fingerprint density at radius 2 is 1.07 bits per heavy atom. The predicted molar refractivity (Wildman–Crippen MR) is 122 cm³/mol. The molecule has 0 radical (unpaired) electrons. The van der Waals surface area contributed by atoms with Crippen LogP contribution >= 0.6 is 0 Å². The number of hydrogen-bond acceptors (Lipinski definition) is 0. The minimum atomic E-state index is -0.375. The highest BCUT2D eigenvalue weighted by molar-refractivity contribution is 6.44. The number of aryl methyl sites for hydroxylation is 2. The molecule has 2 aliphatic rings. The molecule has 0 aliphatic heterocycles. The maximum Gasteiger partial charge on any atom is 0.0475 e. The van der Waals surface area contributed by atoms with E-state index in [4.69, 9.17) is 0 Å². The molecular formula is C26H32Si. The predicted octanol–water partition coefficient (Wildman–Crippen LogP) is 6.38. The Morgan fingerprint density at radius 3 is 1.44 bits per heavy atom. The Bertz CT molecular complexity index is 894. The van der Waals surface area contributed by atoms with Gasteiger partial charge in [0, 0.05) is 9.52 Å². The van der Waals surface area contributed by atoms with Crippen LogP contribution in [0.4, 0.5) is 0 Å². The molecule has 2 aromatic rings. The van der Waals surface area contributed by atoms with Crippen LogP contribution in [0.1, 0.15) is 86.0 Å². The third-order valence-electron chi connectivity index (χ3n) is 7.33. The molecule has 0 saturated carbocycles. The van der Waals surface area contributed by atoms with Crippen molar-refractivity contribution in [3.05, 3.63) is 80.9 Å². The molecule has 140 valence electrons. The van der Waals surface area contributed by atoms with E-state index in [2.05, 4.69) is 77.9 Å². The van der Waals surface area contributed by atoms with Crippen molar-refractivity contribution in [2.75, 3.05) is 0 Å². The van der Waals surface area contributed by atoms with Crippen molar-refractivity contribution >= 4 is 20.7 Å². The number of fused-ring (bicyclic) bond motifs is 2. The highest BCUT2D eigenvalue weighted by Gasteiger charge is 2.35. The standard InChI is InChI=1S/C26H32Si/c1-7-19-11-9-13-21-23(19)15(3)17(5)25(21)27-26-18(6)16(4)24-20(8-2)12-10-14-22(24)26/h9-14,25-26H,7-8,27H2,1-6H3. The van der Waals surface area contributed by atoms with E-state index in [-0.39, 0.29) is 9.52 Å². The van der Waals surface area contributed by atoms with Crippen LogP contribution in [0.3, 0.4) is 0 Å². The van der Waals surface area contributed by atoms with Crippen LogP contribution in [-0.4, -0.2) is 9.52 Å². The van der Waals surface area contributed by atoms with E-state index in [0.29, 0.717) is 11.1 Å². The van der Waals surface area contributed by atoms with Crippen LogP contribution < -0.4 is 0 Å². The highest BCUT2D eigenvalue weighted by Crippen LogP contribution is 2.48. The number of allylic oxidation sites excluding steroid dienone is 4. The summed E-state index contributed by atoms with van der Waals surface area (Å²) in [5, 5.41) is 0. The Kier molecular flexibility index (Phi) is 4.76. The van der Waals surface area contributed by atoms with Gasteiger partial charge < -0.3 is 0 Å². The Hall–Kier alpha value is -1.86. The molecule has 27 heavy (non-hydrogen) atoms. The minimum Gasteiger partial charge on any atom is -0.0656 e. The van der Waals surface area contributed by atoms with Crippen molar-refractivity contribution in [3.63, 3.8) is 0 Å². The van der Waals surface area contributed by atoms with Gasteiger partial charge >= 0.3 is 0 Å². The van der Waals surface area contributed by atoms with Crippen molar-refractivity contribution in [1.29, 1.82) is 0 Å². The van der Waals surface area contributed by atoms with Crippen molar-refractivity contribution in [1.82, 2.24) is 0 Å². The molecule has 0 heterocycles. The van der Waals surface area contributed by atoms with Gasteiger partial charge in [0.15, 0.2) is 0 Å². The molecule has 0 aromatic heterocycles. The lowest BCUT2D eigenvalue weighted by atomic mass is 9.98. The van der Waals surface area contributed by atoms with Gasteiger partial charge in [0.25, 0.3) is 0 Å². The Balaban J connectivity index is 1.78. The fraction of sp³-hybridized carbons (Fsp3) is 0.385. The molecule has 4 rings (SSSR count). The first kappa shape index (κ1) is 18.5. The summed E-state index contributed by atoms with van der Waals surface area (Å²) in [5.74, 6) is 0. The monoisotopic (exact) mass is 372 g/mol. The van der Waals surface area contributed by atoms with Gasteiger partial charge in [-0.2, -0.15) is 0 Å². The molecule has 0 saturated heterocycles. The average Bonchev–Trinajstić information content (AvgIpc) is 3.08. The first-order valence-corrected chi connectivity index (χ1v) is 12.2. The molecule has 1 heteroatoms. The lowest BCUT2D eigenvalue weighted by Crippen LogP contribution is -2.17. The fourth-order valence-electron chi connectivity index (χ4n) is 5.55. The molecule has 0 fully saturated rings. The van der Waals surface area contributed by atoms with Crippen molar-refractivity contribution < 1.29 is 0 Å². The minimum absolute atomic E-state index is 0.375.